The number of hydrogen-bond donors (Lipinski definition) is 3. The molecular weight excluding hydrogens is 244 g/mol. The summed E-state index contributed by atoms with van der Waals surface area (Å²) in [4.78, 5) is 23.5. The molecule has 5 nitrogen and oxygen atoms in total. The van der Waals surface area contributed by atoms with Gasteiger partial charge in [0.1, 0.15) is 0 Å². The summed E-state index contributed by atoms with van der Waals surface area (Å²) in [5.41, 5.74) is 3.34. The summed E-state index contributed by atoms with van der Waals surface area (Å²) in [5.74, 6) is -0.950. The molecule has 1 aromatic rings. The van der Waals surface area contributed by atoms with Gasteiger partial charge in [0.15, 0.2) is 0 Å². The monoisotopic (exact) mass is 262 g/mol. The lowest BCUT2D eigenvalue weighted by molar-refractivity contribution is -0.133. The fourth-order valence-electron chi connectivity index (χ4n) is 2.49. The molecule has 102 valence electrons. The van der Waals surface area contributed by atoms with Crippen LogP contribution in [-0.2, 0) is 4.79 Å². The molecule has 2 atom stereocenters. The van der Waals surface area contributed by atoms with Crippen LogP contribution in [0.4, 0.5) is 0 Å². The predicted octanol–water partition coefficient (Wildman–Crippen LogP) is 1.40. The highest BCUT2D eigenvalue weighted by Gasteiger charge is 2.33. The van der Waals surface area contributed by atoms with Crippen molar-refractivity contribution in [3.8, 4) is 0 Å². The largest absolute Gasteiger partial charge is 0.349 e. The Morgan fingerprint density at radius 3 is 2.53 bits per heavy atom. The lowest BCUT2D eigenvalue weighted by Crippen LogP contribution is -2.43. The van der Waals surface area contributed by atoms with Gasteiger partial charge in [-0.2, -0.15) is 0 Å². The van der Waals surface area contributed by atoms with E-state index in [0.717, 1.165) is 18.4 Å². The van der Waals surface area contributed by atoms with Gasteiger partial charge < -0.3 is 5.32 Å². The number of aryl methyl sites for hydroxylation is 1. The summed E-state index contributed by atoms with van der Waals surface area (Å²) in [6, 6.07) is 7.07. The van der Waals surface area contributed by atoms with Gasteiger partial charge >= 0.3 is 0 Å². The lowest BCUT2D eigenvalue weighted by Gasteiger charge is -2.19. The zero-order valence-corrected chi connectivity index (χ0v) is 10.8. The number of nitrogens with one attached hydrogen (secondary N) is 2. The van der Waals surface area contributed by atoms with Crippen LogP contribution in [0.3, 0.4) is 0 Å². The number of rotatable bonds is 3. The topological polar surface area (TPSA) is 78.4 Å². The van der Waals surface area contributed by atoms with E-state index in [1.54, 1.807) is 17.6 Å². The summed E-state index contributed by atoms with van der Waals surface area (Å²) < 4.78 is 0. The van der Waals surface area contributed by atoms with E-state index in [-0.39, 0.29) is 17.9 Å². The third kappa shape index (κ3) is 3.12. The second kappa shape index (κ2) is 5.84. The van der Waals surface area contributed by atoms with Crippen molar-refractivity contribution in [3.05, 3.63) is 35.4 Å². The molecule has 1 aromatic carbocycles. The van der Waals surface area contributed by atoms with Gasteiger partial charge in [0.25, 0.3) is 5.91 Å². The summed E-state index contributed by atoms with van der Waals surface area (Å²) in [6.07, 6.45) is 2.32. The van der Waals surface area contributed by atoms with Crippen LogP contribution in [-0.4, -0.2) is 23.1 Å². The van der Waals surface area contributed by atoms with Gasteiger partial charge in [-0.3, -0.25) is 14.8 Å². The summed E-state index contributed by atoms with van der Waals surface area (Å²) in [7, 11) is 0. The molecule has 3 N–H and O–H groups in total. The fraction of sp³-hybridized carbons (Fsp3) is 0.429. The molecule has 19 heavy (non-hydrogen) atoms. The van der Waals surface area contributed by atoms with Crippen molar-refractivity contribution < 1.29 is 14.8 Å². The van der Waals surface area contributed by atoms with Gasteiger partial charge in [0, 0.05) is 11.6 Å². The fourth-order valence-corrected chi connectivity index (χ4v) is 2.49. The molecule has 0 spiro atoms. The number of hydroxylamine groups is 1. The first kappa shape index (κ1) is 13.5. The van der Waals surface area contributed by atoms with Crippen LogP contribution in [0.2, 0.25) is 0 Å². The van der Waals surface area contributed by atoms with Crippen molar-refractivity contribution in [3.63, 3.8) is 0 Å². The molecule has 2 rings (SSSR count). The van der Waals surface area contributed by atoms with Gasteiger partial charge in [0.05, 0.1) is 5.92 Å². The van der Waals surface area contributed by atoms with Crippen molar-refractivity contribution in [1.29, 1.82) is 0 Å². The number of carbonyl (C=O) groups excluding carboxylic acids is 2. The summed E-state index contributed by atoms with van der Waals surface area (Å²) >= 11 is 0. The highest BCUT2D eigenvalue weighted by Crippen LogP contribution is 2.26. The Balaban J connectivity index is 2.02. The third-order valence-electron chi connectivity index (χ3n) is 3.59. The van der Waals surface area contributed by atoms with Crippen molar-refractivity contribution in [2.45, 2.75) is 32.2 Å². The minimum Gasteiger partial charge on any atom is -0.349 e. The Morgan fingerprint density at radius 1 is 1.21 bits per heavy atom. The summed E-state index contributed by atoms with van der Waals surface area (Å²) in [5, 5.41) is 11.6. The average Bonchev–Trinajstić information content (AvgIpc) is 2.86. The van der Waals surface area contributed by atoms with Crippen molar-refractivity contribution in [1.82, 2.24) is 10.8 Å². The second-order valence-corrected chi connectivity index (χ2v) is 4.96. The van der Waals surface area contributed by atoms with Crippen molar-refractivity contribution in [2.75, 3.05) is 0 Å². The minimum atomic E-state index is -0.424. The third-order valence-corrected chi connectivity index (χ3v) is 3.59. The quantitative estimate of drug-likeness (QED) is 0.569. The number of hydrogen-bond acceptors (Lipinski definition) is 3. The number of amides is 2. The maximum Gasteiger partial charge on any atom is 0.251 e. The molecule has 0 radical (unpaired) electrons. The molecule has 1 fully saturated rings. The van der Waals surface area contributed by atoms with E-state index in [2.05, 4.69) is 5.32 Å². The van der Waals surface area contributed by atoms with Crippen LogP contribution < -0.4 is 10.8 Å². The molecule has 0 heterocycles. The Bertz CT molecular complexity index is 470. The highest BCUT2D eigenvalue weighted by atomic mass is 16.5. The Kier molecular flexibility index (Phi) is 4.16. The van der Waals surface area contributed by atoms with Crippen LogP contribution in [0.5, 0.6) is 0 Å². The molecular formula is C14H18N2O3. The molecule has 1 saturated carbocycles. The van der Waals surface area contributed by atoms with Gasteiger partial charge in [0.2, 0.25) is 5.91 Å². The molecule has 0 aliphatic heterocycles. The average molecular weight is 262 g/mol. The predicted molar refractivity (Wildman–Crippen MR) is 69.7 cm³/mol. The lowest BCUT2D eigenvalue weighted by atomic mass is 10.0. The molecule has 0 saturated heterocycles. The molecule has 0 bridgehead atoms. The van der Waals surface area contributed by atoms with Gasteiger partial charge in [-0.25, -0.2) is 5.48 Å². The SMILES string of the molecule is Cc1ccc(C(=O)NC2CCCC2C(=O)NO)cc1. The zero-order chi connectivity index (χ0) is 13.8. The van der Waals surface area contributed by atoms with E-state index < -0.39 is 5.91 Å². The Labute approximate surface area is 112 Å². The highest BCUT2D eigenvalue weighted by molar-refractivity contribution is 5.94. The first-order valence-corrected chi connectivity index (χ1v) is 6.43. The van der Waals surface area contributed by atoms with Crippen LogP contribution >= 0.6 is 0 Å². The Morgan fingerprint density at radius 2 is 1.89 bits per heavy atom. The molecule has 2 unspecified atom stereocenters. The molecule has 1 aliphatic rings. The van der Waals surface area contributed by atoms with E-state index >= 15 is 0 Å². The van der Waals surface area contributed by atoms with Crippen LogP contribution in [0.1, 0.15) is 35.2 Å². The molecule has 0 aromatic heterocycles. The maximum absolute atomic E-state index is 12.1. The second-order valence-electron chi connectivity index (χ2n) is 4.96. The standard InChI is InChI=1S/C14H18N2O3/c1-9-5-7-10(8-6-9)13(17)15-12-4-2-3-11(12)14(18)16-19/h5-8,11-12,19H,2-4H2,1H3,(H,15,17)(H,16,18). The smallest absolute Gasteiger partial charge is 0.251 e. The van der Waals surface area contributed by atoms with E-state index in [1.807, 2.05) is 19.1 Å². The zero-order valence-electron chi connectivity index (χ0n) is 10.8. The Hall–Kier alpha value is -1.88. The van der Waals surface area contributed by atoms with E-state index in [0.29, 0.717) is 12.0 Å². The molecule has 5 heteroatoms. The van der Waals surface area contributed by atoms with Gasteiger partial charge in [-0.15, -0.1) is 0 Å². The molecule has 2 amide bonds. The molecule has 1 aliphatic carbocycles. The maximum atomic E-state index is 12.1. The van der Waals surface area contributed by atoms with Crippen LogP contribution in [0.15, 0.2) is 24.3 Å². The first-order valence-electron chi connectivity index (χ1n) is 6.43. The number of benzene rings is 1. The van der Waals surface area contributed by atoms with E-state index in [1.165, 1.54) is 0 Å². The van der Waals surface area contributed by atoms with Gasteiger partial charge in [-0.05, 0) is 31.9 Å². The number of carbonyl (C=O) groups is 2. The first-order chi connectivity index (χ1) is 9.11. The van der Waals surface area contributed by atoms with E-state index in [4.69, 9.17) is 5.21 Å². The normalized spacial score (nSPS) is 22.0. The van der Waals surface area contributed by atoms with E-state index in [9.17, 15) is 9.59 Å². The van der Waals surface area contributed by atoms with Crippen molar-refractivity contribution in [2.24, 2.45) is 5.92 Å². The summed E-state index contributed by atoms with van der Waals surface area (Å²) in [6.45, 7) is 1.96. The van der Waals surface area contributed by atoms with Gasteiger partial charge in [-0.1, -0.05) is 24.1 Å². The van der Waals surface area contributed by atoms with Crippen LogP contribution in [0.25, 0.3) is 0 Å². The minimum absolute atomic E-state index is 0.178. The van der Waals surface area contributed by atoms with Crippen molar-refractivity contribution >= 4 is 11.8 Å². The van der Waals surface area contributed by atoms with Crippen LogP contribution in [0, 0.1) is 12.8 Å².